The summed E-state index contributed by atoms with van der Waals surface area (Å²) in [6.45, 7) is 8.89. The van der Waals surface area contributed by atoms with Crippen molar-refractivity contribution in [3.8, 4) is 0 Å². The van der Waals surface area contributed by atoms with Crippen molar-refractivity contribution in [1.82, 2.24) is 4.90 Å². The van der Waals surface area contributed by atoms with E-state index in [1.807, 2.05) is 27.7 Å². The van der Waals surface area contributed by atoms with Gasteiger partial charge in [-0.15, -0.1) is 0 Å². The lowest BCUT2D eigenvalue weighted by Crippen LogP contribution is -2.68. The monoisotopic (exact) mass is 228 g/mol. The zero-order valence-corrected chi connectivity index (χ0v) is 10.7. The standard InChI is InChI=1S/C12H24N2O2/c1-8(2)5-10(13)11(15)14-6-12(16,7-14)9(3)4/h8-10,16H,5-7,13H2,1-4H3/t10-/m1/s1. The number of amides is 1. The number of hydrogen-bond acceptors (Lipinski definition) is 3. The molecule has 0 aliphatic carbocycles. The molecule has 0 bridgehead atoms. The van der Waals surface area contributed by atoms with E-state index in [9.17, 15) is 9.90 Å². The Morgan fingerprint density at radius 2 is 1.88 bits per heavy atom. The van der Waals surface area contributed by atoms with Crippen LogP contribution in [-0.4, -0.2) is 40.6 Å². The lowest BCUT2D eigenvalue weighted by molar-refractivity contribution is -0.165. The molecular formula is C12H24N2O2. The van der Waals surface area contributed by atoms with Crippen LogP contribution < -0.4 is 5.73 Å². The molecular weight excluding hydrogens is 204 g/mol. The zero-order chi connectivity index (χ0) is 12.5. The molecule has 4 heteroatoms. The summed E-state index contributed by atoms with van der Waals surface area (Å²) in [5.74, 6) is 0.570. The van der Waals surface area contributed by atoms with E-state index in [1.54, 1.807) is 4.90 Å². The van der Waals surface area contributed by atoms with Crippen molar-refractivity contribution in [3.05, 3.63) is 0 Å². The maximum absolute atomic E-state index is 11.9. The smallest absolute Gasteiger partial charge is 0.239 e. The molecule has 16 heavy (non-hydrogen) atoms. The van der Waals surface area contributed by atoms with Crippen LogP contribution in [0.1, 0.15) is 34.1 Å². The number of hydrogen-bond donors (Lipinski definition) is 2. The van der Waals surface area contributed by atoms with Gasteiger partial charge >= 0.3 is 0 Å². The van der Waals surface area contributed by atoms with Crippen LogP contribution >= 0.6 is 0 Å². The summed E-state index contributed by atoms with van der Waals surface area (Å²) < 4.78 is 0. The number of β-amino-alcohol motifs (C(OH)–C–C–N with tert-alkyl or cyclic N) is 1. The number of likely N-dealkylation sites (tertiary alicyclic amines) is 1. The van der Waals surface area contributed by atoms with E-state index in [-0.39, 0.29) is 11.8 Å². The minimum Gasteiger partial charge on any atom is -0.386 e. The molecule has 0 aromatic heterocycles. The van der Waals surface area contributed by atoms with Crippen LogP contribution in [0.25, 0.3) is 0 Å². The SMILES string of the molecule is CC(C)C[C@@H](N)C(=O)N1CC(O)(C(C)C)C1. The van der Waals surface area contributed by atoms with Crippen molar-refractivity contribution in [1.29, 1.82) is 0 Å². The maximum Gasteiger partial charge on any atom is 0.239 e. The van der Waals surface area contributed by atoms with Gasteiger partial charge in [0, 0.05) is 0 Å². The number of nitrogens with zero attached hydrogens (tertiary/aromatic N) is 1. The van der Waals surface area contributed by atoms with E-state index in [4.69, 9.17) is 5.73 Å². The number of nitrogens with two attached hydrogens (primary N) is 1. The second kappa shape index (κ2) is 4.72. The van der Waals surface area contributed by atoms with Gasteiger partial charge in [0.2, 0.25) is 5.91 Å². The first-order chi connectivity index (χ1) is 7.26. The maximum atomic E-state index is 11.9. The summed E-state index contributed by atoms with van der Waals surface area (Å²) in [6.07, 6.45) is 0.704. The molecule has 3 N–H and O–H groups in total. The molecule has 4 nitrogen and oxygen atoms in total. The van der Waals surface area contributed by atoms with Crippen molar-refractivity contribution in [3.63, 3.8) is 0 Å². The van der Waals surface area contributed by atoms with Crippen molar-refractivity contribution in [2.24, 2.45) is 17.6 Å². The van der Waals surface area contributed by atoms with E-state index in [0.29, 0.717) is 25.4 Å². The third-order valence-electron chi connectivity index (χ3n) is 3.36. The van der Waals surface area contributed by atoms with Gasteiger partial charge in [0.15, 0.2) is 0 Å². The minimum atomic E-state index is -0.701. The van der Waals surface area contributed by atoms with Crippen LogP contribution in [0.15, 0.2) is 0 Å². The Balaban J connectivity index is 2.43. The molecule has 1 aliphatic rings. The number of aliphatic hydroxyl groups is 1. The molecule has 1 heterocycles. The lowest BCUT2D eigenvalue weighted by Gasteiger charge is -2.49. The van der Waals surface area contributed by atoms with Crippen LogP contribution in [0.2, 0.25) is 0 Å². The fourth-order valence-electron chi connectivity index (χ4n) is 1.98. The number of rotatable bonds is 4. The van der Waals surface area contributed by atoms with E-state index >= 15 is 0 Å². The zero-order valence-electron chi connectivity index (χ0n) is 10.7. The van der Waals surface area contributed by atoms with Crippen LogP contribution in [-0.2, 0) is 4.79 Å². The Morgan fingerprint density at radius 1 is 1.38 bits per heavy atom. The second-order valence-electron chi connectivity index (χ2n) is 5.69. The second-order valence-corrected chi connectivity index (χ2v) is 5.69. The highest BCUT2D eigenvalue weighted by atomic mass is 16.3. The molecule has 1 aliphatic heterocycles. The Hall–Kier alpha value is -0.610. The molecule has 0 radical (unpaired) electrons. The molecule has 0 aromatic rings. The Morgan fingerprint density at radius 3 is 2.25 bits per heavy atom. The molecule has 1 rings (SSSR count). The summed E-state index contributed by atoms with van der Waals surface area (Å²) in [5, 5.41) is 10.0. The fraction of sp³-hybridized carbons (Fsp3) is 0.917. The third-order valence-corrected chi connectivity index (χ3v) is 3.36. The molecule has 0 saturated carbocycles. The van der Waals surface area contributed by atoms with E-state index in [0.717, 1.165) is 0 Å². The van der Waals surface area contributed by atoms with Crippen molar-refractivity contribution in [2.75, 3.05) is 13.1 Å². The van der Waals surface area contributed by atoms with Crippen LogP contribution in [0.3, 0.4) is 0 Å². The largest absolute Gasteiger partial charge is 0.386 e. The first-order valence-electron chi connectivity index (χ1n) is 6.03. The van der Waals surface area contributed by atoms with Crippen LogP contribution in [0.4, 0.5) is 0 Å². The van der Waals surface area contributed by atoms with Gasteiger partial charge < -0.3 is 15.7 Å². The summed E-state index contributed by atoms with van der Waals surface area (Å²) in [7, 11) is 0. The molecule has 1 saturated heterocycles. The first-order valence-corrected chi connectivity index (χ1v) is 6.03. The highest BCUT2D eigenvalue weighted by Crippen LogP contribution is 2.29. The predicted octanol–water partition coefficient (Wildman–Crippen LogP) is 0.589. The topological polar surface area (TPSA) is 66.6 Å². The van der Waals surface area contributed by atoms with Gasteiger partial charge in [-0.25, -0.2) is 0 Å². The van der Waals surface area contributed by atoms with Gasteiger partial charge in [-0.3, -0.25) is 4.79 Å². The molecule has 0 unspecified atom stereocenters. The van der Waals surface area contributed by atoms with Gasteiger partial charge in [0.25, 0.3) is 0 Å². The van der Waals surface area contributed by atoms with Crippen molar-refractivity contribution < 1.29 is 9.90 Å². The predicted molar refractivity (Wildman–Crippen MR) is 63.8 cm³/mol. The summed E-state index contributed by atoms with van der Waals surface area (Å²) >= 11 is 0. The van der Waals surface area contributed by atoms with E-state index in [2.05, 4.69) is 0 Å². The third kappa shape index (κ3) is 2.74. The highest BCUT2D eigenvalue weighted by molar-refractivity contribution is 5.82. The average molecular weight is 228 g/mol. The number of carbonyl (C=O) groups is 1. The molecule has 0 spiro atoms. The highest BCUT2D eigenvalue weighted by Gasteiger charge is 2.46. The molecule has 0 aromatic carbocycles. The molecule has 1 atom stereocenters. The minimum absolute atomic E-state index is 0.0287. The Labute approximate surface area is 97.8 Å². The van der Waals surface area contributed by atoms with Gasteiger partial charge in [-0.1, -0.05) is 27.7 Å². The van der Waals surface area contributed by atoms with E-state index in [1.165, 1.54) is 0 Å². The van der Waals surface area contributed by atoms with Gasteiger partial charge in [0.05, 0.1) is 19.1 Å². The molecule has 1 fully saturated rings. The van der Waals surface area contributed by atoms with Crippen molar-refractivity contribution >= 4 is 5.91 Å². The summed E-state index contributed by atoms with van der Waals surface area (Å²) in [4.78, 5) is 13.5. The molecule has 94 valence electrons. The van der Waals surface area contributed by atoms with Crippen LogP contribution in [0, 0.1) is 11.8 Å². The fourth-order valence-corrected chi connectivity index (χ4v) is 1.98. The first kappa shape index (κ1) is 13.5. The summed E-state index contributed by atoms with van der Waals surface area (Å²) in [6, 6.07) is -0.420. The molecule has 1 amide bonds. The van der Waals surface area contributed by atoms with Gasteiger partial charge in [-0.2, -0.15) is 0 Å². The Bertz CT molecular complexity index is 258. The summed E-state index contributed by atoms with van der Waals surface area (Å²) in [5.41, 5.74) is 5.12. The Kier molecular flexibility index (Phi) is 3.97. The lowest BCUT2D eigenvalue weighted by atomic mass is 9.82. The van der Waals surface area contributed by atoms with E-state index < -0.39 is 11.6 Å². The quantitative estimate of drug-likeness (QED) is 0.740. The van der Waals surface area contributed by atoms with Gasteiger partial charge in [-0.05, 0) is 18.3 Å². The van der Waals surface area contributed by atoms with Gasteiger partial charge in [0.1, 0.15) is 5.60 Å². The van der Waals surface area contributed by atoms with Crippen LogP contribution in [0.5, 0.6) is 0 Å². The number of carbonyl (C=O) groups excluding carboxylic acids is 1. The normalized spacial score (nSPS) is 21.1. The van der Waals surface area contributed by atoms with Crippen molar-refractivity contribution in [2.45, 2.75) is 45.8 Å². The average Bonchev–Trinajstić information content (AvgIpc) is 2.10.